The van der Waals surface area contributed by atoms with Gasteiger partial charge in [-0.3, -0.25) is 0 Å². The molecule has 0 bridgehead atoms. The van der Waals surface area contributed by atoms with Gasteiger partial charge in [0.1, 0.15) is 11.4 Å². The standard InChI is InChI=1S/C39H49NO8/c1-24(2)44-34-16-13-31(22-36(34)43-10)48-39(41)32-20-30(29-12-15-35(45-25(3)4)38(21-29)47-27(7)8)23-40(32)18-17-28-11-14-33(42-9)37(19-28)46-26(5)6/h11-16,19-27H,17-18H2,1-10H3. The van der Waals surface area contributed by atoms with E-state index >= 15 is 0 Å². The number of carbonyl (C=O) groups is 1. The third-order valence-electron chi connectivity index (χ3n) is 7.05. The lowest BCUT2D eigenvalue weighted by Crippen LogP contribution is -2.15. The van der Waals surface area contributed by atoms with Crippen LogP contribution in [0.1, 0.15) is 71.4 Å². The Labute approximate surface area is 284 Å². The second kappa shape index (κ2) is 16.4. The summed E-state index contributed by atoms with van der Waals surface area (Å²) in [4.78, 5) is 13.8. The second-order valence-electron chi connectivity index (χ2n) is 12.6. The van der Waals surface area contributed by atoms with Gasteiger partial charge in [0.15, 0.2) is 34.5 Å². The van der Waals surface area contributed by atoms with E-state index in [1.54, 1.807) is 32.4 Å². The maximum absolute atomic E-state index is 13.8. The summed E-state index contributed by atoms with van der Waals surface area (Å²) in [6, 6.07) is 18.6. The van der Waals surface area contributed by atoms with Crippen LogP contribution < -0.4 is 33.2 Å². The zero-order chi connectivity index (χ0) is 35.0. The van der Waals surface area contributed by atoms with Crippen LogP contribution in [-0.2, 0) is 13.0 Å². The molecule has 0 fully saturated rings. The van der Waals surface area contributed by atoms with Gasteiger partial charge in [-0.2, -0.15) is 0 Å². The van der Waals surface area contributed by atoms with Gasteiger partial charge in [0.2, 0.25) is 0 Å². The van der Waals surface area contributed by atoms with Crippen molar-refractivity contribution in [3.63, 3.8) is 0 Å². The number of ether oxygens (including phenoxy) is 7. The number of esters is 1. The molecule has 48 heavy (non-hydrogen) atoms. The third-order valence-corrected chi connectivity index (χ3v) is 7.05. The summed E-state index contributed by atoms with van der Waals surface area (Å²) < 4.78 is 42.8. The Balaban J connectivity index is 1.70. The molecule has 4 rings (SSSR count). The normalized spacial score (nSPS) is 11.3. The molecule has 1 heterocycles. The van der Waals surface area contributed by atoms with Crippen molar-refractivity contribution < 1.29 is 38.0 Å². The number of aryl methyl sites for hydroxylation is 2. The van der Waals surface area contributed by atoms with Gasteiger partial charge < -0.3 is 37.7 Å². The van der Waals surface area contributed by atoms with E-state index in [1.165, 1.54) is 0 Å². The molecule has 0 saturated carbocycles. The van der Waals surface area contributed by atoms with E-state index in [9.17, 15) is 4.79 Å². The van der Waals surface area contributed by atoms with Crippen molar-refractivity contribution >= 4 is 5.97 Å². The zero-order valence-electron chi connectivity index (χ0n) is 29.8. The number of methoxy groups -OCH3 is 2. The molecule has 0 N–H and O–H groups in total. The van der Waals surface area contributed by atoms with Crippen LogP contribution in [0.25, 0.3) is 11.1 Å². The van der Waals surface area contributed by atoms with Crippen molar-refractivity contribution in [1.82, 2.24) is 4.57 Å². The molecule has 0 aliphatic carbocycles. The Kier molecular flexibility index (Phi) is 12.3. The molecule has 0 amide bonds. The summed E-state index contributed by atoms with van der Waals surface area (Å²) in [6.45, 7) is 16.2. The van der Waals surface area contributed by atoms with Crippen molar-refractivity contribution in [2.45, 2.75) is 92.8 Å². The predicted octanol–water partition coefficient (Wildman–Crippen LogP) is 8.78. The van der Waals surface area contributed by atoms with Gasteiger partial charge in [-0.25, -0.2) is 4.79 Å². The monoisotopic (exact) mass is 659 g/mol. The minimum Gasteiger partial charge on any atom is -0.493 e. The zero-order valence-corrected chi connectivity index (χ0v) is 29.8. The quantitative estimate of drug-likeness (QED) is 0.0872. The number of rotatable bonds is 16. The summed E-state index contributed by atoms with van der Waals surface area (Å²) in [5, 5.41) is 0. The lowest BCUT2D eigenvalue weighted by molar-refractivity contribution is 0.0722. The first-order valence-electron chi connectivity index (χ1n) is 16.4. The average molecular weight is 660 g/mol. The van der Waals surface area contributed by atoms with E-state index < -0.39 is 5.97 Å². The van der Waals surface area contributed by atoms with Crippen LogP contribution in [0.4, 0.5) is 0 Å². The van der Waals surface area contributed by atoms with Gasteiger partial charge in [0, 0.05) is 24.4 Å². The molecular weight excluding hydrogens is 610 g/mol. The van der Waals surface area contributed by atoms with E-state index in [-0.39, 0.29) is 24.4 Å². The van der Waals surface area contributed by atoms with Gasteiger partial charge in [0.25, 0.3) is 0 Å². The molecule has 0 aliphatic rings. The summed E-state index contributed by atoms with van der Waals surface area (Å²) in [5.74, 6) is 3.54. The Morgan fingerprint density at radius 1 is 0.583 bits per heavy atom. The van der Waals surface area contributed by atoms with Crippen LogP contribution in [0.3, 0.4) is 0 Å². The molecule has 258 valence electrons. The number of nitrogens with zero attached hydrogens (tertiary/aromatic N) is 1. The van der Waals surface area contributed by atoms with Crippen LogP contribution in [0, 0.1) is 0 Å². The minimum atomic E-state index is -0.502. The average Bonchev–Trinajstić information content (AvgIpc) is 3.45. The molecule has 0 spiro atoms. The molecule has 0 saturated heterocycles. The van der Waals surface area contributed by atoms with Crippen molar-refractivity contribution in [3.8, 4) is 51.4 Å². The highest BCUT2D eigenvalue weighted by molar-refractivity contribution is 5.91. The van der Waals surface area contributed by atoms with Gasteiger partial charge in [0.05, 0.1) is 38.6 Å². The first kappa shape index (κ1) is 36.1. The molecule has 0 unspecified atom stereocenters. The van der Waals surface area contributed by atoms with Crippen LogP contribution in [0.5, 0.6) is 40.2 Å². The van der Waals surface area contributed by atoms with Crippen molar-refractivity contribution in [2.24, 2.45) is 0 Å². The van der Waals surface area contributed by atoms with Gasteiger partial charge in [-0.1, -0.05) is 12.1 Å². The summed E-state index contributed by atoms with van der Waals surface area (Å²) in [7, 11) is 3.18. The Bertz CT molecular complexity index is 1670. The van der Waals surface area contributed by atoms with E-state index in [2.05, 4.69) is 0 Å². The van der Waals surface area contributed by atoms with Gasteiger partial charge >= 0.3 is 5.97 Å². The van der Waals surface area contributed by atoms with Crippen molar-refractivity contribution in [3.05, 3.63) is 78.1 Å². The maximum atomic E-state index is 13.8. The smallest absolute Gasteiger partial charge is 0.360 e. The van der Waals surface area contributed by atoms with E-state index in [0.717, 1.165) is 16.7 Å². The largest absolute Gasteiger partial charge is 0.493 e. The highest BCUT2D eigenvalue weighted by atomic mass is 16.5. The molecular formula is C39H49NO8. The third kappa shape index (κ3) is 9.62. The number of hydrogen-bond acceptors (Lipinski definition) is 8. The number of aromatic nitrogens is 1. The fraction of sp³-hybridized carbons (Fsp3) is 0.410. The SMILES string of the molecule is COc1cc(OC(=O)c2cc(-c3ccc(OC(C)C)c(OC(C)C)c3)cn2CCc2ccc(OC)c(OC(C)C)c2)ccc1OC(C)C. The highest BCUT2D eigenvalue weighted by Gasteiger charge is 2.20. The summed E-state index contributed by atoms with van der Waals surface area (Å²) >= 11 is 0. The fourth-order valence-electron chi connectivity index (χ4n) is 5.10. The second-order valence-corrected chi connectivity index (χ2v) is 12.6. The van der Waals surface area contributed by atoms with Crippen LogP contribution in [0.2, 0.25) is 0 Å². The molecule has 0 aliphatic heterocycles. The van der Waals surface area contributed by atoms with E-state index in [4.69, 9.17) is 33.2 Å². The lowest BCUT2D eigenvalue weighted by Gasteiger charge is -2.17. The van der Waals surface area contributed by atoms with E-state index in [1.807, 2.05) is 109 Å². The molecule has 0 atom stereocenters. The highest BCUT2D eigenvalue weighted by Crippen LogP contribution is 2.36. The predicted molar refractivity (Wildman–Crippen MR) is 188 cm³/mol. The van der Waals surface area contributed by atoms with Crippen LogP contribution in [0.15, 0.2) is 66.9 Å². The summed E-state index contributed by atoms with van der Waals surface area (Å²) in [5.41, 5.74) is 3.15. The topological polar surface area (TPSA) is 86.6 Å². The van der Waals surface area contributed by atoms with Crippen molar-refractivity contribution in [2.75, 3.05) is 14.2 Å². The molecule has 9 heteroatoms. The van der Waals surface area contributed by atoms with E-state index in [0.29, 0.717) is 58.9 Å². The molecule has 1 aromatic heterocycles. The van der Waals surface area contributed by atoms with Crippen molar-refractivity contribution in [1.29, 1.82) is 0 Å². The molecule has 9 nitrogen and oxygen atoms in total. The fourth-order valence-corrected chi connectivity index (χ4v) is 5.10. The Morgan fingerprint density at radius 3 is 1.73 bits per heavy atom. The summed E-state index contributed by atoms with van der Waals surface area (Å²) in [6.07, 6.45) is 2.49. The van der Waals surface area contributed by atoms with Gasteiger partial charge in [-0.05, 0) is 115 Å². The van der Waals surface area contributed by atoms with Gasteiger partial charge in [-0.15, -0.1) is 0 Å². The number of carbonyl (C=O) groups excluding carboxylic acids is 1. The molecule has 3 aromatic carbocycles. The lowest BCUT2D eigenvalue weighted by atomic mass is 10.1. The minimum absolute atomic E-state index is 0.00551. The molecule has 4 aromatic rings. The molecule has 0 radical (unpaired) electrons. The number of benzene rings is 3. The number of hydrogen-bond donors (Lipinski definition) is 0. The first-order chi connectivity index (χ1) is 22.9. The first-order valence-corrected chi connectivity index (χ1v) is 16.4. The maximum Gasteiger partial charge on any atom is 0.360 e. The Hall–Kier alpha value is -4.79. The Morgan fingerprint density at radius 2 is 1.12 bits per heavy atom. The van der Waals surface area contributed by atoms with Crippen LogP contribution in [-0.4, -0.2) is 49.2 Å². The van der Waals surface area contributed by atoms with Crippen LogP contribution >= 0.6 is 0 Å².